The largest absolute Gasteiger partial charge is 0.508 e. The van der Waals surface area contributed by atoms with E-state index in [9.17, 15) is 4.79 Å². The van der Waals surface area contributed by atoms with Crippen molar-refractivity contribution in [3.05, 3.63) is 59.7 Å². The molecule has 0 bridgehead atoms. The molecule has 3 nitrogen and oxygen atoms in total. The summed E-state index contributed by atoms with van der Waals surface area (Å²) in [7, 11) is 0. The van der Waals surface area contributed by atoms with Crippen molar-refractivity contribution < 1.29 is 14.6 Å². The zero-order chi connectivity index (χ0) is 13.0. The van der Waals surface area contributed by atoms with Gasteiger partial charge in [-0.2, -0.15) is 0 Å². The molecule has 0 saturated carbocycles. The maximum absolute atomic E-state index is 11.8. The van der Waals surface area contributed by atoms with Crippen molar-refractivity contribution in [1.82, 2.24) is 0 Å². The lowest BCUT2D eigenvalue weighted by molar-refractivity contribution is 0.0734. The van der Waals surface area contributed by atoms with E-state index < -0.39 is 5.97 Å². The first kappa shape index (κ1) is 12.2. The molecule has 0 aliphatic carbocycles. The maximum atomic E-state index is 11.8. The Labute approximate surface area is 106 Å². The number of hydrogen-bond donors (Lipinski definition) is 1. The first-order valence-electron chi connectivity index (χ1n) is 5.79. The van der Waals surface area contributed by atoms with Crippen LogP contribution in [-0.4, -0.2) is 11.1 Å². The lowest BCUT2D eigenvalue weighted by Gasteiger charge is -2.05. The van der Waals surface area contributed by atoms with Crippen LogP contribution in [0.5, 0.6) is 11.5 Å². The molecule has 0 fully saturated rings. The molecule has 0 aliphatic rings. The van der Waals surface area contributed by atoms with Crippen molar-refractivity contribution in [1.29, 1.82) is 0 Å². The Hall–Kier alpha value is -2.29. The second-order valence-electron chi connectivity index (χ2n) is 3.94. The molecule has 2 aromatic rings. The third-order valence-corrected chi connectivity index (χ3v) is 2.62. The Balaban J connectivity index is 2.13. The van der Waals surface area contributed by atoms with Crippen LogP contribution in [0.4, 0.5) is 0 Å². The van der Waals surface area contributed by atoms with Crippen molar-refractivity contribution in [3.63, 3.8) is 0 Å². The van der Waals surface area contributed by atoms with Gasteiger partial charge in [0, 0.05) is 0 Å². The van der Waals surface area contributed by atoms with E-state index in [2.05, 4.69) is 0 Å². The molecule has 1 N–H and O–H groups in total. The number of esters is 1. The van der Waals surface area contributed by atoms with E-state index in [0.717, 1.165) is 12.0 Å². The minimum absolute atomic E-state index is 0.125. The average Bonchev–Trinajstić information content (AvgIpc) is 2.39. The molecule has 2 rings (SSSR count). The van der Waals surface area contributed by atoms with Gasteiger partial charge in [0.1, 0.15) is 11.5 Å². The minimum Gasteiger partial charge on any atom is -0.508 e. The van der Waals surface area contributed by atoms with Gasteiger partial charge in [-0.15, -0.1) is 0 Å². The molecule has 0 aliphatic heterocycles. The molecule has 0 aromatic heterocycles. The second-order valence-corrected chi connectivity index (χ2v) is 3.94. The third-order valence-electron chi connectivity index (χ3n) is 2.62. The fraction of sp³-hybridized carbons (Fsp3) is 0.133. The van der Waals surface area contributed by atoms with Crippen LogP contribution >= 0.6 is 0 Å². The summed E-state index contributed by atoms with van der Waals surface area (Å²) < 4.78 is 5.26. The summed E-state index contributed by atoms with van der Waals surface area (Å²) in [5.74, 6) is 0.232. The molecule has 3 heteroatoms. The number of carbonyl (C=O) groups is 1. The third kappa shape index (κ3) is 2.88. The van der Waals surface area contributed by atoms with Gasteiger partial charge in [-0.3, -0.25) is 0 Å². The highest BCUT2D eigenvalue weighted by molar-refractivity contribution is 5.91. The van der Waals surface area contributed by atoms with Crippen molar-refractivity contribution in [2.45, 2.75) is 13.3 Å². The lowest BCUT2D eigenvalue weighted by Crippen LogP contribution is -2.08. The van der Waals surface area contributed by atoms with Crippen LogP contribution in [0.1, 0.15) is 22.8 Å². The molecule has 0 heterocycles. The molecule has 0 spiro atoms. The molecule has 18 heavy (non-hydrogen) atoms. The normalized spacial score (nSPS) is 10.1. The van der Waals surface area contributed by atoms with E-state index in [-0.39, 0.29) is 5.75 Å². The fourth-order valence-corrected chi connectivity index (χ4v) is 1.59. The van der Waals surface area contributed by atoms with E-state index in [1.54, 1.807) is 6.07 Å². The number of aromatic hydroxyl groups is 1. The van der Waals surface area contributed by atoms with Crippen molar-refractivity contribution >= 4 is 5.97 Å². The number of phenolic OH excluding ortho intramolecular Hbond substituents is 1. The average molecular weight is 242 g/mol. The van der Waals surface area contributed by atoms with Crippen LogP contribution in [0.3, 0.4) is 0 Å². The number of phenols is 1. The van der Waals surface area contributed by atoms with Gasteiger partial charge in [0.25, 0.3) is 0 Å². The molecular weight excluding hydrogens is 228 g/mol. The van der Waals surface area contributed by atoms with Crippen LogP contribution in [0, 0.1) is 0 Å². The summed E-state index contributed by atoms with van der Waals surface area (Å²) in [5.41, 5.74) is 1.53. The zero-order valence-corrected chi connectivity index (χ0v) is 10.1. The summed E-state index contributed by atoms with van der Waals surface area (Å²) in [6.07, 6.45) is 0.893. The summed E-state index contributed by atoms with van der Waals surface area (Å²) in [5, 5.41) is 9.14. The van der Waals surface area contributed by atoms with Crippen LogP contribution in [0.2, 0.25) is 0 Å². The molecule has 0 unspecified atom stereocenters. The van der Waals surface area contributed by atoms with E-state index in [4.69, 9.17) is 9.84 Å². The summed E-state index contributed by atoms with van der Waals surface area (Å²) in [6, 6.07) is 13.4. The van der Waals surface area contributed by atoms with Crippen LogP contribution in [0.25, 0.3) is 0 Å². The van der Waals surface area contributed by atoms with E-state index in [1.807, 2.05) is 25.1 Å². The number of ether oxygens (including phenoxy) is 1. The van der Waals surface area contributed by atoms with E-state index in [1.165, 1.54) is 24.3 Å². The molecule has 2 aromatic carbocycles. The summed E-state index contributed by atoms with van der Waals surface area (Å²) in [4.78, 5) is 11.8. The number of benzene rings is 2. The first-order valence-corrected chi connectivity index (χ1v) is 5.79. The Bertz CT molecular complexity index is 544. The smallest absolute Gasteiger partial charge is 0.343 e. The predicted octanol–water partition coefficient (Wildman–Crippen LogP) is 3.17. The van der Waals surface area contributed by atoms with Crippen molar-refractivity contribution in [2.24, 2.45) is 0 Å². The van der Waals surface area contributed by atoms with Gasteiger partial charge < -0.3 is 9.84 Å². The number of carbonyl (C=O) groups excluding carboxylic acids is 1. The Morgan fingerprint density at radius 1 is 1.17 bits per heavy atom. The standard InChI is InChI=1S/C15H14O3/c1-2-11-4-3-5-14(10-11)18-15(17)12-6-8-13(16)9-7-12/h3-10,16H,2H2,1H3. The van der Waals surface area contributed by atoms with Gasteiger partial charge in [0.2, 0.25) is 0 Å². The highest BCUT2D eigenvalue weighted by atomic mass is 16.5. The molecule has 92 valence electrons. The zero-order valence-electron chi connectivity index (χ0n) is 10.1. The summed E-state index contributed by atoms with van der Waals surface area (Å²) in [6.45, 7) is 2.04. The number of hydrogen-bond acceptors (Lipinski definition) is 3. The van der Waals surface area contributed by atoms with Crippen LogP contribution < -0.4 is 4.74 Å². The van der Waals surface area contributed by atoms with Gasteiger partial charge >= 0.3 is 5.97 Å². The second kappa shape index (κ2) is 5.36. The molecule has 0 radical (unpaired) electrons. The van der Waals surface area contributed by atoms with E-state index >= 15 is 0 Å². The topological polar surface area (TPSA) is 46.5 Å². The monoisotopic (exact) mass is 242 g/mol. The first-order chi connectivity index (χ1) is 8.69. The van der Waals surface area contributed by atoms with E-state index in [0.29, 0.717) is 11.3 Å². The van der Waals surface area contributed by atoms with Crippen LogP contribution in [-0.2, 0) is 6.42 Å². The Kier molecular flexibility index (Phi) is 3.63. The van der Waals surface area contributed by atoms with Gasteiger partial charge in [0.05, 0.1) is 5.56 Å². The predicted molar refractivity (Wildman–Crippen MR) is 68.9 cm³/mol. The highest BCUT2D eigenvalue weighted by Gasteiger charge is 2.08. The van der Waals surface area contributed by atoms with Crippen molar-refractivity contribution in [3.8, 4) is 11.5 Å². The SMILES string of the molecule is CCc1cccc(OC(=O)c2ccc(O)cc2)c1. The summed E-state index contributed by atoms with van der Waals surface area (Å²) >= 11 is 0. The minimum atomic E-state index is -0.428. The number of aryl methyl sites for hydroxylation is 1. The quantitative estimate of drug-likeness (QED) is 0.664. The number of rotatable bonds is 3. The van der Waals surface area contributed by atoms with Gasteiger partial charge in [-0.05, 0) is 48.4 Å². The Morgan fingerprint density at radius 3 is 2.56 bits per heavy atom. The molecule has 0 amide bonds. The van der Waals surface area contributed by atoms with Crippen molar-refractivity contribution in [2.75, 3.05) is 0 Å². The van der Waals surface area contributed by atoms with Gasteiger partial charge in [0.15, 0.2) is 0 Å². The maximum Gasteiger partial charge on any atom is 0.343 e. The van der Waals surface area contributed by atoms with Gasteiger partial charge in [-0.25, -0.2) is 4.79 Å². The van der Waals surface area contributed by atoms with Crippen LogP contribution in [0.15, 0.2) is 48.5 Å². The lowest BCUT2D eigenvalue weighted by atomic mass is 10.1. The molecule has 0 saturated heterocycles. The Morgan fingerprint density at radius 2 is 1.89 bits per heavy atom. The molecular formula is C15H14O3. The van der Waals surface area contributed by atoms with Gasteiger partial charge in [-0.1, -0.05) is 19.1 Å². The highest BCUT2D eigenvalue weighted by Crippen LogP contribution is 2.16. The fourth-order valence-electron chi connectivity index (χ4n) is 1.59. The molecule has 0 atom stereocenters.